The van der Waals surface area contributed by atoms with Gasteiger partial charge in [0.25, 0.3) is 0 Å². The molecule has 8 aromatic heterocycles. The molecule has 144 heavy (non-hydrogen) atoms. The fourth-order valence-corrected chi connectivity index (χ4v) is 23.6. The molecule has 0 spiro atoms. The largest absolute Gasteiger partial charge is 0.309 e. The minimum atomic E-state index is 0.649. The summed E-state index contributed by atoms with van der Waals surface area (Å²) in [5.74, 6) is 3.93. The second-order valence-corrected chi connectivity index (χ2v) is 38.4. The quantitative estimate of drug-likeness (QED) is 0.108. The highest BCUT2D eigenvalue weighted by molar-refractivity contribution is 7.27. The molecule has 0 atom stereocenters. The van der Waals surface area contributed by atoms with Crippen molar-refractivity contribution >= 4 is 150 Å². The van der Waals surface area contributed by atoms with E-state index in [0.29, 0.717) is 34.9 Å². The predicted molar refractivity (Wildman–Crippen MR) is 604 cm³/mol. The van der Waals surface area contributed by atoms with E-state index in [0.717, 1.165) is 71.9 Å². The Kier molecular flexibility index (Phi) is 21.1. The van der Waals surface area contributed by atoms with Gasteiger partial charge in [-0.1, -0.05) is 394 Å². The van der Waals surface area contributed by atoms with Crippen LogP contribution >= 0.6 is 22.7 Å². The number of rotatable bonds is 14. The van der Waals surface area contributed by atoms with Crippen LogP contribution in [0.3, 0.4) is 0 Å². The summed E-state index contributed by atoms with van der Waals surface area (Å²) in [4.78, 5) is 30.7. The maximum Gasteiger partial charge on any atom is 0.165 e. The van der Waals surface area contributed by atoms with Gasteiger partial charge in [-0.3, -0.25) is 0 Å². The number of thiophene rings is 2. The van der Waals surface area contributed by atoms with Crippen LogP contribution in [-0.2, 0) is 0 Å². The lowest BCUT2D eigenvalue weighted by atomic mass is 10.0. The van der Waals surface area contributed by atoms with E-state index in [1.165, 1.54) is 156 Å². The molecule has 12 heteroatoms. The summed E-state index contributed by atoms with van der Waals surface area (Å²) < 4.78 is 14.3. The van der Waals surface area contributed by atoms with Gasteiger partial charge in [0.05, 0.1) is 44.1 Å². The lowest BCUT2D eigenvalue weighted by Gasteiger charge is -2.13. The minimum absolute atomic E-state index is 0.649. The highest BCUT2D eigenvalue weighted by atomic mass is 32.1. The highest BCUT2D eigenvalue weighted by Gasteiger charge is 2.27. The van der Waals surface area contributed by atoms with Crippen molar-refractivity contribution in [3.05, 3.63) is 510 Å². The van der Waals surface area contributed by atoms with E-state index in [1.807, 2.05) is 84.1 Å². The molecule has 0 unspecified atom stereocenters. The van der Waals surface area contributed by atoms with Crippen LogP contribution in [0.2, 0.25) is 0 Å². The van der Waals surface area contributed by atoms with Crippen molar-refractivity contribution in [3.63, 3.8) is 0 Å². The molecular weight excluding hydrogens is 1790 g/mol. The van der Waals surface area contributed by atoms with Crippen LogP contribution < -0.4 is 0 Å². The van der Waals surface area contributed by atoms with Gasteiger partial charge in [-0.2, -0.15) is 0 Å². The lowest BCUT2D eigenvalue weighted by Crippen LogP contribution is -2.01. The molecule has 0 saturated carbocycles. The first-order valence-corrected chi connectivity index (χ1v) is 50.2. The van der Waals surface area contributed by atoms with Crippen molar-refractivity contribution in [1.82, 2.24) is 48.2 Å². The van der Waals surface area contributed by atoms with E-state index in [9.17, 15) is 0 Å². The molecule has 0 bridgehead atoms. The molecular formula is C132H84N10S2. The normalized spacial score (nSPS) is 11.6. The molecule has 8 heterocycles. The van der Waals surface area contributed by atoms with Crippen LogP contribution in [0.25, 0.3) is 263 Å². The van der Waals surface area contributed by atoms with Gasteiger partial charge in [0, 0.05) is 140 Å². The molecule has 0 saturated heterocycles. The first kappa shape index (κ1) is 84.6. The first-order valence-electron chi connectivity index (χ1n) is 48.5. The standard InChI is InChI=1S/C48H32N2.C45H28N4S.C39H24N4S/c1-3-11-33(12-4-1)35-19-25-39(26-20-35)49-45-17-9-7-15-41(45)43-31-37(23-29-47(43)49)38-24-30-48-44(32-38)42-16-8-10-18-46(42)50(48)40-27-21-36(22-28-40)34-13-5-2-6-14-34;1-4-15-29(16-5-1)33-23-14-24-36-37-27-32(49-39-25-12-10-21-34(39)35-22-11-13-26-40(35)49)28-38(42(37)50-41(33)36)45-47-43(30-17-6-2-7-18-30)46-44(48-45)31-19-8-3-9-20-31;1-3-13-25(14-4-1)37-40-38(26-15-5-2-6-16-26)42-39(41-37)32-24-27(23-31-30-19-9-12-22-35(30)44-36(31)32)43-33-20-10-7-17-28(33)29-18-8-11-21-34(29)43/h1-32H;1-28H;1-24H. The predicted octanol–water partition coefficient (Wildman–Crippen LogP) is 35.2. The first-order chi connectivity index (χ1) is 71.4. The molecule has 0 aliphatic heterocycles. The highest BCUT2D eigenvalue weighted by Crippen LogP contribution is 2.49. The summed E-state index contributed by atoms with van der Waals surface area (Å²) in [5, 5.41) is 14.8. The number of hydrogen-bond donors (Lipinski definition) is 0. The van der Waals surface area contributed by atoms with Crippen LogP contribution in [0.4, 0.5) is 0 Å². The van der Waals surface area contributed by atoms with Crippen molar-refractivity contribution in [3.8, 4) is 136 Å². The summed E-state index contributed by atoms with van der Waals surface area (Å²) in [6.07, 6.45) is 0. The fraction of sp³-hybridized carbons (Fsp3) is 0. The zero-order valence-electron chi connectivity index (χ0n) is 77.8. The van der Waals surface area contributed by atoms with E-state index in [1.54, 1.807) is 11.3 Å². The van der Waals surface area contributed by atoms with E-state index < -0.39 is 0 Å². The average Bonchev–Trinajstić information content (AvgIpc) is 1.80. The minimum Gasteiger partial charge on any atom is -0.309 e. The number of nitrogens with zero attached hydrogens (tertiary/aromatic N) is 10. The van der Waals surface area contributed by atoms with Gasteiger partial charge in [-0.05, 0) is 160 Å². The Morgan fingerprint density at radius 2 is 0.382 bits per heavy atom. The Morgan fingerprint density at radius 3 is 0.743 bits per heavy atom. The third-order valence-electron chi connectivity index (χ3n) is 27.8. The van der Waals surface area contributed by atoms with E-state index in [4.69, 9.17) is 29.9 Å². The SMILES string of the molecule is c1ccc(-c2ccc(-n3c4ccccc4c4cc(-c5ccc6c(c5)c5ccccc5n6-c5ccc(-c6ccccc6)cc5)ccc43)cc2)cc1.c1ccc(-c2nc(-c3ccccc3)nc(-c3cc(-n4c5ccccc5c5ccccc54)cc4c3sc3c(-c5ccccc5)cccc34)n2)cc1.c1ccc(-c2nc(-c3ccccc3)nc(-c3cc(-n4c5ccccc5c5ccccc54)cc4c3sc3ccccc34)n2)cc1. The molecule has 10 nitrogen and oxygen atoms in total. The topological polar surface area (TPSA) is 97.1 Å². The zero-order chi connectivity index (χ0) is 95.1. The summed E-state index contributed by atoms with van der Waals surface area (Å²) >= 11 is 3.60. The number of benzene rings is 21. The second kappa shape index (κ2) is 35.9. The number of aromatic nitrogens is 10. The van der Waals surface area contributed by atoms with Crippen molar-refractivity contribution in [2.75, 3.05) is 0 Å². The summed E-state index contributed by atoms with van der Waals surface area (Å²) in [6, 6.07) is 181. The van der Waals surface area contributed by atoms with Crippen LogP contribution in [0.15, 0.2) is 510 Å². The second-order valence-electron chi connectivity index (χ2n) is 36.3. The molecule has 674 valence electrons. The lowest BCUT2D eigenvalue weighted by molar-refractivity contribution is 1.07. The molecule has 0 N–H and O–H groups in total. The van der Waals surface area contributed by atoms with E-state index in [-0.39, 0.29) is 0 Å². The Hall–Kier alpha value is -18.7. The Morgan fingerprint density at radius 1 is 0.132 bits per heavy atom. The summed E-state index contributed by atoms with van der Waals surface area (Å²) in [7, 11) is 0. The third kappa shape index (κ3) is 15.0. The Bertz CT molecular complexity index is 9570. The maximum absolute atomic E-state index is 5.22. The molecule has 29 aromatic rings. The van der Waals surface area contributed by atoms with Crippen molar-refractivity contribution in [2.24, 2.45) is 0 Å². The van der Waals surface area contributed by atoms with Crippen LogP contribution in [0.1, 0.15) is 0 Å². The van der Waals surface area contributed by atoms with Crippen LogP contribution in [-0.4, -0.2) is 48.2 Å². The molecule has 0 fully saturated rings. The summed E-state index contributed by atoms with van der Waals surface area (Å²) in [5.41, 5.74) is 29.5. The average molecular weight is 1870 g/mol. The van der Waals surface area contributed by atoms with Gasteiger partial charge >= 0.3 is 0 Å². The van der Waals surface area contributed by atoms with Gasteiger partial charge in [0.1, 0.15) is 0 Å². The van der Waals surface area contributed by atoms with E-state index in [2.05, 4.69) is 455 Å². The van der Waals surface area contributed by atoms with Gasteiger partial charge in [0.2, 0.25) is 0 Å². The summed E-state index contributed by atoms with van der Waals surface area (Å²) in [6.45, 7) is 0. The van der Waals surface area contributed by atoms with E-state index >= 15 is 0 Å². The Balaban J connectivity index is 0.000000108. The third-order valence-corrected chi connectivity index (χ3v) is 30.3. The monoisotopic (exact) mass is 1870 g/mol. The molecule has 0 aliphatic rings. The Labute approximate surface area is 837 Å². The van der Waals surface area contributed by atoms with Gasteiger partial charge in [0.15, 0.2) is 34.9 Å². The molecule has 0 amide bonds. The zero-order valence-corrected chi connectivity index (χ0v) is 79.4. The molecule has 0 radical (unpaired) electrons. The molecule has 21 aromatic carbocycles. The van der Waals surface area contributed by atoms with Crippen molar-refractivity contribution in [2.45, 2.75) is 0 Å². The van der Waals surface area contributed by atoms with Gasteiger partial charge in [-0.25, -0.2) is 29.9 Å². The molecule has 29 rings (SSSR count). The fourth-order valence-electron chi connectivity index (χ4n) is 21.1. The molecule has 0 aliphatic carbocycles. The van der Waals surface area contributed by atoms with Crippen LogP contribution in [0.5, 0.6) is 0 Å². The van der Waals surface area contributed by atoms with Crippen molar-refractivity contribution < 1.29 is 0 Å². The van der Waals surface area contributed by atoms with Gasteiger partial charge < -0.3 is 18.3 Å². The smallest absolute Gasteiger partial charge is 0.165 e. The van der Waals surface area contributed by atoms with Gasteiger partial charge in [-0.15, -0.1) is 22.7 Å². The maximum atomic E-state index is 5.22. The van der Waals surface area contributed by atoms with Crippen LogP contribution in [0, 0.1) is 0 Å². The number of hydrogen-bond acceptors (Lipinski definition) is 8. The number of para-hydroxylation sites is 6. The number of fused-ring (bicyclic) bond motifs is 18. The van der Waals surface area contributed by atoms with Crippen molar-refractivity contribution in [1.29, 1.82) is 0 Å².